The number of carbonyl (C=O) groups is 3. The van der Waals surface area contributed by atoms with Crippen LogP contribution in [0.4, 0.5) is 0 Å². The third-order valence-electron chi connectivity index (χ3n) is 6.77. The summed E-state index contributed by atoms with van der Waals surface area (Å²) in [6, 6.07) is 9.88. The molecular weight excluding hydrogens is 533 g/mol. The lowest BCUT2D eigenvalue weighted by Gasteiger charge is -2.22. The SMILES string of the molecule is CCN(Cc1ccccc1)C(=O)CNC(=NC)NCCN1C(=O)C2C3C=CC(C3)C2C1=O.I. The maximum atomic E-state index is 12.8. The minimum atomic E-state index is -0.169. The van der Waals surface area contributed by atoms with Crippen LogP contribution >= 0.6 is 24.0 Å². The van der Waals surface area contributed by atoms with Gasteiger partial charge in [-0.25, -0.2) is 0 Å². The number of guanidine groups is 1. The van der Waals surface area contributed by atoms with Crippen molar-refractivity contribution in [3.05, 3.63) is 48.0 Å². The van der Waals surface area contributed by atoms with Gasteiger partial charge in [-0.1, -0.05) is 42.5 Å². The summed E-state index contributed by atoms with van der Waals surface area (Å²) in [7, 11) is 1.63. The number of nitrogens with one attached hydrogen (secondary N) is 2. The summed E-state index contributed by atoms with van der Waals surface area (Å²) in [4.78, 5) is 45.4. The highest BCUT2D eigenvalue weighted by Crippen LogP contribution is 2.52. The molecule has 2 aliphatic carbocycles. The molecule has 1 saturated heterocycles. The van der Waals surface area contributed by atoms with Crippen LogP contribution in [0.2, 0.25) is 0 Å². The Morgan fingerprint density at radius 2 is 1.73 bits per heavy atom. The zero-order chi connectivity index (χ0) is 22.7. The van der Waals surface area contributed by atoms with E-state index < -0.39 is 0 Å². The van der Waals surface area contributed by atoms with Crippen LogP contribution in [-0.2, 0) is 20.9 Å². The summed E-state index contributed by atoms with van der Waals surface area (Å²) in [6.45, 7) is 3.92. The highest BCUT2D eigenvalue weighted by Gasteiger charge is 2.58. The quantitative estimate of drug-likeness (QED) is 0.164. The van der Waals surface area contributed by atoms with Gasteiger partial charge in [-0.15, -0.1) is 24.0 Å². The summed E-state index contributed by atoms with van der Waals surface area (Å²) in [5.74, 6) is 0.451. The molecule has 4 atom stereocenters. The molecule has 0 spiro atoms. The van der Waals surface area contributed by atoms with E-state index in [9.17, 15) is 14.4 Å². The second-order valence-electron chi connectivity index (χ2n) is 8.57. The molecule has 1 aromatic rings. The van der Waals surface area contributed by atoms with Crippen molar-refractivity contribution in [3.8, 4) is 0 Å². The number of rotatable bonds is 8. The molecule has 4 rings (SSSR count). The largest absolute Gasteiger partial charge is 0.355 e. The Kier molecular flexibility index (Phi) is 8.50. The third-order valence-corrected chi connectivity index (χ3v) is 6.77. The Hall–Kier alpha value is -2.43. The van der Waals surface area contributed by atoms with Gasteiger partial charge in [-0.05, 0) is 30.7 Å². The Morgan fingerprint density at radius 3 is 2.30 bits per heavy atom. The molecule has 4 unspecified atom stereocenters. The van der Waals surface area contributed by atoms with Crippen molar-refractivity contribution in [2.45, 2.75) is 19.9 Å². The molecule has 3 aliphatic rings. The fourth-order valence-electron chi connectivity index (χ4n) is 5.14. The number of benzene rings is 1. The monoisotopic (exact) mass is 565 g/mol. The third kappa shape index (κ3) is 5.23. The van der Waals surface area contributed by atoms with E-state index in [0.29, 0.717) is 32.1 Å². The topological polar surface area (TPSA) is 94.1 Å². The van der Waals surface area contributed by atoms with Crippen molar-refractivity contribution in [2.24, 2.45) is 28.7 Å². The molecule has 0 radical (unpaired) electrons. The molecular formula is C24H32IN5O3. The van der Waals surface area contributed by atoms with Crippen molar-refractivity contribution in [3.63, 3.8) is 0 Å². The van der Waals surface area contributed by atoms with E-state index in [1.165, 1.54) is 4.90 Å². The zero-order valence-corrected chi connectivity index (χ0v) is 21.4. The van der Waals surface area contributed by atoms with E-state index in [0.717, 1.165) is 12.0 Å². The number of allylic oxidation sites excluding steroid dienone is 2. The highest BCUT2D eigenvalue weighted by molar-refractivity contribution is 14.0. The number of nitrogens with zero attached hydrogens (tertiary/aromatic N) is 3. The number of imide groups is 1. The molecule has 0 aromatic heterocycles. The number of hydrogen-bond acceptors (Lipinski definition) is 4. The first-order chi connectivity index (χ1) is 15.5. The molecule has 1 heterocycles. The lowest BCUT2D eigenvalue weighted by Crippen LogP contribution is -2.47. The van der Waals surface area contributed by atoms with Crippen molar-refractivity contribution >= 4 is 47.7 Å². The van der Waals surface area contributed by atoms with Gasteiger partial charge in [0, 0.05) is 33.2 Å². The number of hydrogen-bond donors (Lipinski definition) is 2. The summed E-state index contributed by atoms with van der Waals surface area (Å²) >= 11 is 0. The molecule has 8 nitrogen and oxygen atoms in total. The summed E-state index contributed by atoms with van der Waals surface area (Å²) in [6.07, 6.45) is 5.13. The number of aliphatic imine (C=N–C) groups is 1. The van der Waals surface area contributed by atoms with Gasteiger partial charge in [0.25, 0.3) is 0 Å². The summed E-state index contributed by atoms with van der Waals surface area (Å²) in [5, 5.41) is 6.14. The predicted molar refractivity (Wildman–Crippen MR) is 137 cm³/mol. The minimum Gasteiger partial charge on any atom is -0.355 e. The van der Waals surface area contributed by atoms with Crippen LogP contribution in [0, 0.1) is 23.7 Å². The van der Waals surface area contributed by atoms with Gasteiger partial charge in [-0.2, -0.15) is 0 Å². The first-order valence-electron chi connectivity index (χ1n) is 11.3. The standard InChI is InChI=1S/C24H31N5O3.HI/c1-3-28(15-16-7-5-4-6-8-16)19(30)14-27-24(25-2)26-11-12-29-22(31)20-17-9-10-18(13-17)21(20)23(29)32;/h4-10,17-18,20-21H,3,11-15H2,1-2H3,(H2,25,26,27);1H. The zero-order valence-electron chi connectivity index (χ0n) is 19.1. The van der Waals surface area contributed by atoms with Crippen LogP contribution in [-0.4, -0.2) is 66.7 Å². The van der Waals surface area contributed by atoms with Crippen LogP contribution in [0.25, 0.3) is 0 Å². The number of likely N-dealkylation sites (N-methyl/N-ethyl adjacent to an activating group) is 1. The van der Waals surface area contributed by atoms with Crippen molar-refractivity contribution < 1.29 is 14.4 Å². The molecule has 1 aromatic carbocycles. The van der Waals surface area contributed by atoms with Gasteiger partial charge in [0.05, 0.1) is 18.4 Å². The van der Waals surface area contributed by atoms with Gasteiger partial charge in [0.15, 0.2) is 5.96 Å². The van der Waals surface area contributed by atoms with Crippen LogP contribution < -0.4 is 10.6 Å². The molecule has 9 heteroatoms. The molecule has 33 heavy (non-hydrogen) atoms. The first-order valence-corrected chi connectivity index (χ1v) is 11.3. The van der Waals surface area contributed by atoms with Crippen LogP contribution in [0.3, 0.4) is 0 Å². The lowest BCUT2D eigenvalue weighted by molar-refractivity contribution is -0.140. The maximum absolute atomic E-state index is 12.8. The van der Waals surface area contributed by atoms with Gasteiger partial charge in [0.2, 0.25) is 17.7 Å². The van der Waals surface area contributed by atoms with E-state index in [1.54, 1.807) is 11.9 Å². The van der Waals surface area contributed by atoms with E-state index >= 15 is 0 Å². The lowest BCUT2D eigenvalue weighted by atomic mass is 9.85. The van der Waals surface area contributed by atoms with E-state index in [4.69, 9.17) is 0 Å². The summed E-state index contributed by atoms with van der Waals surface area (Å²) in [5.41, 5.74) is 1.08. The number of carbonyl (C=O) groups excluding carboxylic acids is 3. The maximum Gasteiger partial charge on any atom is 0.242 e. The second kappa shape index (κ2) is 11.1. The molecule has 1 saturated carbocycles. The van der Waals surface area contributed by atoms with Crippen LogP contribution in [0.5, 0.6) is 0 Å². The average molecular weight is 565 g/mol. The van der Waals surface area contributed by atoms with Crippen LogP contribution in [0.15, 0.2) is 47.5 Å². The molecule has 2 fully saturated rings. The predicted octanol–water partition coefficient (Wildman–Crippen LogP) is 1.63. The normalized spacial score (nSPS) is 25.2. The highest BCUT2D eigenvalue weighted by atomic mass is 127. The molecule has 3 amide bonds. The van der Waals surface area contributed by atoms with Gasteiger partial charge in [0.1, 0.15) is 0 Å². The van der Waals surface area contributed by atoms with E-state index in [-0.39, 0.29) is 71.9 Å². The Bertz CT molecular complexity index is 905. The van der Waals surface area contributed by atoms with Crippen molar-refractivity contribution in [1.82, 2.24) is 20.4 Å². The second-order valence-corrected chi connectivity index (χ2v) is 8.57. The Balaban J connectivity index is 0.00000306. The molecule has 1 aliphatic heterocycles. The van der Waals surface area contributed by atoms with Gasteiger partial charge in [-0.3, -0.25) is 24.3 Å². The van der Waals surface area contributed by atoms with E-state index in [2.05, 4.69) is 27.8 Å². The summed E-state index contributed by atoms with van der Waals surface area (Å²) < 4.78 is 0. The first kappa shape index (κ1) is 25.2. The number of amides is 3. The Labute approximate surface area is 211 Å². The fourth-order valence-corrected chi connectivity index (χ4v) is 5.14. The number of halogens is 1. The van der Waals surface area contributed by atoms with Gasteiger partial charge < -0.3 is 15.5 Å². The van der Waals surface area contributed by atoms with Gasteiger partial charge >= 0.3 is 0 Å². The average Bonchev–Trinajstić information content (AvgIpc) is 3.49. The smallest absolute Gasteiger partial charge is 0.242 e. The van der Waals surface area contributed by atoms with E-state index in [1.807, 2.05) is 37.3 Å². The molecule has 178 valence electrons. The van der Waals surface area contributed by atoms with Crippen LogP contribution in [0.1, 0.15) is 18.9 Å². The Morgan fingerprint density at radius 1 is 1.09 bits per heavy atom. The minimum absolute atomic E-state index is 0. The van der Waals surface area contributed by atoms with Crippen molar-refractivity contribution in [1.29, 1.82) is 0 Å². The number of likely N-dealkylation sites (tertiary alicyclic amines) is 1. The molecule has 2 N–H and O–H groups in total. The molecule has 2 bridgehead atoms. The fraction of sp³-hybridized carbons (Fsp3) is 0.500. The van der Waals surface area contributed by atoms with Crippen molar-refractivity contribution in [2.75, 3.05) is 33.2 Å². The number of fused-ring (bicyclic) bond motifs is 5.